The lowest BCUT2D eigenvalue weighted by atomic mass is 9.88. The maximum Gasteiger partial charge on any atom is 0.261 e. The minimum absolute atomic E-state index is 0.163. The quantitative estimate of drug-likeness (QED) is 0.801. The van der Waals surface area contributed by atoms with Gasteiger partial charge in [-0.3, -0.25) is 9.59 Å². The molecule has 1 amide bonds. The number of hydrogen-bond acceptors (Lipinski definition) is 3. The van der Waals surface area contributed by atoms with E-state index in [1.807, 2.05) is 0 Å². The number of carbonyl (C=O) groups excluding carboxylic acids is 2. The molecular weight excluding hydrogens is 361 g/mol. The summed E-state index contributed by atoms with van der Waals surface area (Å²) in [5.74, 6) is -1.15. The number of ketones is 1. The Labute approximate surface area is 147 Å². The van der Waals surface area contributed by atoms with E-state index in [4.69, 9.17) is 34.8 Å². The number of benzene rings is 2. The molecule has 1 heterocycles. The van der Waals surface area contributed by atoms with Gasteiger partial charge in [0.1, 0.15) is 0 Å². The van der Waals surface area contributed by atoms with Gasteiger partial charge in [0.2, 0.25) is 0 Å². The van der Waals surface area contributed by atoms with Gasteiger partial charge in [-0.15, -0.1) is 0 Å². The van der Waals surface area contributed by atoms with E-state index >= 15 is 0 Å². The maximum absolute atomic E-state index is 12.5. The van der Waals surface area contributed by atoms with Crippen LogP contribution in [0.4, 0.5) is 5.69 Å². The fourth-order valence-corrected chi connectivity index (χ4v) is 3.22. The van der Waals surface area contributed by atoms with Gasteiger partial charge in [-0.05, 0) is 36.4 Å². The molecule has 118 valence electrons. The molecule has 2 aromatic rings. The van der Waals surface area contributed by atoms with E-state index in [1.165, 1.54) is 24.3 Å². The third-order valence-electron chi connectivity index (χ3n) is 3.70. The van der Waals surface area contributed by atoms with Gasteiger partial charge in [0, 0.05) is 26.9 Å². The van der Waals surface area contributed by atoms with E-state index in [0.29, 0.717) is 15.7 Å². The summed E-state index contributed by atoms with van der Waals surface area (Å²) in [5.41, 5.74) is -1.10. The summed E-state index contributed by atoms with van der Waals surface area (Å²) in [6.45, 7) is 0. The summed E-state index contributed by atoms with van der Waals surface area (Å²) in [5, 5.41) is 14.2. The van der Waals surface area contributed by atoms with Gasteiger partial charge < -0.3 is 10.4 Å². The fraction of sp³-hybridized carbons (Fsp3) is 0.125. The third kappa shape index (κ3) is 2.83. The van der Waals surface area contributed by atoms with Crippen LogP contribution in [0, 0.1) is 0 Å². The topological polar surface area (TPSA) is 66.4 Å². The molecule has 0 fully saturated rings. The van der Waals surface area contributed by atoms with Crippen LogP contribution in [0.2, 0.25) is 15.1 Å². The van der Waals surface area contributed by atoms with E-state index in [0.717, 1.165) is 0 Å². The number of anilines is 1. The minimum Gasteiger partial charge on any atom is -0.375 e. The summed E-state index contributed by atoms with van der Waals surface area (Å²) in [7, 11) is 0. The molecule has 0 radical (unpaired) electrons. The molecule has 7 heteroatoms. The highest BCUT2D eigenvalue weighted by molar-refractivity contribution is 6.37. The predicted octanol–water partition coefficient (Wildman–Crippen LogP) is 4.06. The van der Waals surface area contributed by atoms with Crippen LogP contribution in [0.3, 0.4) is 0 Å². The Kier molecular flexibility index (Phi) is 4.10. The number of carbonyl (C=O) groups is 2. The molecule has 4 nitrogen and oxygen atoms in total. The molecule has 0 unspecified atom stereocenters. The Morgan fingerprint density at radius 1 is 1.09 bits per heavy atom. The largest absolute Gasteiger partial charge is 0.375 e. The van der Waals surface area contributed by atoms with E-state index in [1.54, 1.807) is 12.1 Å². The van der Waals surface area contributed by atoms with Gasteiger partial charge in [0.25, 0.3) is 5.91 Å². The summed E-state index contributed by atoms with van der Waals surface area (Å²) in [4.78, 5) is 24.6. The monoisotopic (exact) mass is 369 g/mol. The highest BCUT2D eigenvalue weighted by Crippen LogP contribution is 2.40. The molecule has 0 bridgehead atoms. The number of halogens is 3. The number of nitrogens with one attached hydrogen (secondary N) is 1. The van der Waals surface area contributed by atoms with Crippen molar-refractivity contribution in [3.63, 3.8) is 0 Å². The highest BCUT2D eigenvalue weighted by atomic mass is 35.5. The zero-order valence-electron chi connectivity index (χ0n) is 11.6. The van der Waals surface area contributed by atoms with Gasteiger partial charge in [-0.2, -0.15) is 0 Å². The summed E-state index contributed by atoms with van der Waals surface area (Å²) < 4.78 is 0. The Balaban J connectivity index is 1.97. The lowest BCUT2D eigenvalue weighted by molar-refractivity contribution is -0.133. The van der Waals surface area contributed by atoms with Crippen molar-refractivity contribution in [1.29, 1.82) is 0 Å². The molecule has 3 rings (SSSR count). The normalized spacial score (nSPS) is 19.4. The summed E-state index contributed by atoms with van der Waals surface area (Å²) in [6.07, 6.45) is -0.451. The lowest BCUT2D eigenvalue weighted by Crippen LogP contribution is -2.36. The van der Waals surface area contributed by atoms with Crippen molar-refractivity contribution < 1.29 is 14.7 Å². The van der Waals surface area contributed by atoms with Gasteiger partial charge in [-0.25, -0.2) is 0 Å². The molecule has 0 saturated carbocycles. The van der Waals surface area contributed by atoms with Crippen molar-refractivity contribution in [2.75, 3.05) is 5.32 Å². The van der Waals surface area contributed by atoms with Crippen LogP contribution in [0.5, 0.6) is 0 Å². The van der Waals surface area contributed by atoms with Gasteiger partial charge >= 0.3 is 0 Å². The molecule has 23 heavy (non-hydrogen) atoms. The molecule has 2 N–H and O–H groups in total. The first-order valence-corrected chi connectivity index (χ1v) is 7.77. The predicted molar refractivity (Wildman–Crippen MR) is 89.4 cm³/mol. The maximum atomic E-state index is 12.5. The second-order valence-electron chi connectivity index (χ2n) is 5.23. The van der Waals surface area contributed by atoms with E-state index in [-0.39, 0.29) is 16.1 Å². The standard InChI is InChI=1S/C16H10Cl3NO3/c17-8-2-4-13-11(5-8)16(23,15(22)20-13)7-14(21)10-3-1-9(18)6-12(10)19/h1-6,23H,7H2,(H,20,22)/t16-/m0/s1. The van der Waals surface area contributed by atoms with Gasteiger partial charge in [0.15, 0.2) is 11.4 Å². The van der Waals surface area contributed by atoms with E-state index < -0.39 is 23.7 Å². The SMILES string of the molecule is O=C(C[C@@]1(O)C(=O)Nc2ccc(Cl)cc21)c1ccc(Cl)cc1Cl. The summed E-state index contributed by atoms with van der Waals surface area (Å²) in [6, 6.07) is 9.04. The first-order chi connectivity index (χ1) is 10.8. The Morgan fingerprint density at radius 2 is 1.74 bits per heavy atom. The van der Waals surface area contributed by atoms with Crippen LogP contribution in [-0.4, -0.2) is 16.8 Å². The molecular formula is C16H10Cl3NO3. The number of aliphatic hydroxyl groups is 1. The minimum atomic E-state index is -1.99. The molecule has 0 spiro atoms. The molecule has 1 aliphatic heterocycles. The van der Waals surface area contributed by atoms with Crippen molar-refractivity contribution in [3.05, 3.63) is 62.6 Å². The van der Waals surface area contributed by atoms with Crippen LogP contribution in [0.25, 0.3) is 0 Å². The van der Waals surface area contributed by atoms with Gasteiger partial charge in [0.05, 0.1) is 11.4 Å². The first-order valence-electron chi connectivity index (χ1n) is 6.63. The number of hydrogen-bond donors (Lipinski definition) is 2. The zero-order chi connectivity index (χ0) is 16.8. The van der Waals surface area contributed by atoms with Crippen molar-refractivity contribution in [1.82, 2.24) is 0 Å². The third-order valence-corrected chi connectivity index (χ3v) is 4.48. The zero-order valence-corrected chi connectivity index (χ0v) is 13.8. The average Bonchev–Trinajstić information content (AvgIpc) is 2.70. The van der Waals surface area contributed by atoms with Crippen LogP contribution >= 0.6 is 34.8 Å². The molecule has 0 aromatic heterocycles. The second kappa shape index (κ2) is 5.80. The molecule has 0 saturated heterocycles. The first kappa shape index (κ1) is 16.3. The Hall–Kier alpha value is -1.59. The lowest BCUT2D eigenvalue weighted by Gasteiger charge is -2.20. The molecule has 1 aliphatic rings. The molecule has 1 atom stereocenters. The van der Waals surface area contributed by atoms with Crippen molar-refractivity contribution in [2.45, 2.75) is 12.0 Å². The van der Waals surface area contributed by atoms with Crippen LogP contribution in [-0.2, 0) is 10.4 Å². The Morgan fingerprint density at radius 3 is 2.43 bits per heavy atom. The smallest absolute Gasteiger partial charge is 0.261 e. The Bertz CT molecular complexity index is 837. The van der Waals surface area contributed by atoms with Crippen LogP contribution < -0.4 is 5.32 Å². The highest BCUT2D eigenvalue weighted by Gasteiger charge is 2.47. The van der Waals surface area contributed by atoms with Crippen molar-refractivity contribution >= 4 is 52.2 Å². The van der Waals surface area contributed by atoms with Crippen LogP contribution in [0.1, 0.15) is 22.3 Å². The second-order valence-corrected chi connectivity index (χ2v) is 6.51. The van der Waals surface area contributed by atoms with Crippen LogP contribution in [0.15, 0.2) is 36.4 Å². The average molecular weight is 371 g/mol. The van der Waals surface area contributed by atoms with Crippen molar-refractivity contribution in [2.24, 2.45) is 0 Å². The van der Waals surface area contributed by atoms with Crippen molar-refractivity contribution in [3.8, 4) is 0 Å². The number of amides is 1. The number of fused-ring (bicyclic) bond motifs is 1. The van der Waals surface area contributed by atoms with E-state index in [2.05, 4.69) is 5.32 Å². The summed E-state index contributed by atoms with van der Waals surface area (Å²) >= 11 is 17.7. The van der Waals surface area contributed by atoms with Gasteiger partial charge in [-0.1, -0.05) is 34.8 Å². The van der Waals surface area contributed by atoms with E-state index in [9.17, 15) is 14.7 Å². The molecule has 2 aromatic carbocycles. The number of Topliss-reactive ketones (excluding diaryl/α,β-unsaturated/α-hetero) is 1. The molecule has 0 aliphatic carbocycles. The number of rotatable bonds is 3. The fourth-order valence-electron chi connectivity index (χ4n) is 2.53.